The van der Waals surface area contributed by atoms with Gasteiger partial charge in [-0.2, -0.15) is 0 Å². The third kappa shape index (κ3) is 7.60. The van der Waals surface area contributed by atoms with E-state index in [2.05, 4.69) is 20.9 Å². The molecule has 3 rings (SSSR count). The molecule has 0 fully saturated rings. The van der Waals surface area contributed by atoms with E-state index in [1.165, 1.54) is 30.9 Å². The van der Waals surface area contributed by atoms with Crippen LogP contribution in [0.3, 0.4) is 0 Å². The first-order valence-corrected chi connectivity index (χ1v) is 14.2. The number of benzene rings is 2. The maximum atomic E-state index is 13.6. The summed E-state index contributed by atoms with van der Waals surface area (Å²) in [6.45, 7) is 0.566. The number of rotatable bonds is 12. The number of Topliss-reactive ketones (excluding diaryl/α,β-unsaturated/α-hetero) is 1. The Labute approximate surface area is 222 Å². The van der Waals surface area contributed by atoms with Crippen LogP contribution >= 0.6 is 27.3 Å². The molecule has 9 nitrogen and oxygen atoms in total. The van der Waals surface area contributed by atoms with E-state index in [1.54, 1.807) is 17.0 Å². The van der Waals surface area contributed by atoms with Gasteiger partial charge in [-0.05, 0) is 46.5 Å². The Bertz CT molecular complexity index is 1300. The van der Waals surface area contributed by atoms with Crippen molar-refractivity contribution >= 4 is 49.0 Å². The molecule has 0 aliphatic heterocycles. The smallest absolute Gasteiger partial charge is 0.254 e. The molecular formula is C24H26BrN3O6S2. The molecule has 0 atom stereocenters. The number of ketones is 1. The molecule has 1 aromatic heterocycles. The number of amides is 1. The number of hydrogen-bond donors (Lipinski definition) is 1. The zero-order valence-electron chi connectivity index (χ0n) is 19.8. The van der Waals surface area contributed by atoms with E-state index in [-0.39, 0.29) is 18.1 Å². The lowest BCUT2D eigenvalue weighted by Gasteiger charge is -2.23. The molecule has 0 radical (unpaired) electrons. The maximum Gasteiger partial charge on any atom is 0.254 e. The van der Waals surface area contributed by atoms with Crippen LogP contribution in [0.1, 0.15) is 37.8 Å². The zero-order valence-corrected chi connectivity index (χ0v) is 23.0. The number of sulfonamides is 1. The lowest BCUT2D eigenvalue weighted by molar-refractivity contribution is 0.0740. The summed E-state index contributed by atoms with van der Waals surface area (Å²) in [5.41, 5.74) is 1.53. The second kappa shape index (κ2) is 12.4. The number of aromatic nitrogens is 1. The Kier molecular flexibility index (Phi) is 9.60. The van der Waals surface area contributed by atoms with Crippen molar-refractivity contribution in [1.29, 1.82) is 0 Å². The summed E-state index contributed by atoms with van der Waals surface area (Å²) in [7, 11) is -0.965. The van der Waals surface area contributed by atoms with Gasteiger partial charge in [0.1, 0.15) is 32.4 Å². The number of carbonyl (C=O) groups excluding carboxylic acids is 2. The van der Waals surface area contributed by atoms with Gasteiger partial charge in [0.25, 0.3) is 5.91 Å². The largest absolute Gasteiger partial charge is 0.495 e. The molecule has 12 heteroatoms. The van der Waals surface area contributed by atoms with Crippen LogP contribution in [-0.4, -0.2) is 56.5 Å². The fourth-order valence-electron chi connectivity index (χ4n) is 3.48. The van der Waals surface area contributed by atoms with E-state index in [4.69, 9.17) is 14.6 Å². The van der Waals surface area contributed by atoms with E-state index in [0.717, 1.165) is 12.0 Å². The summed E-state index contributed by atoms with van der Waals surface area (Å²) >= 11 is 4.59. The Hall–Kier alpha value is -2.80. The molecule has 1 heterocycles. The molecule has 0 aliphatic carbocycles. The van der Waals surface area contributed by atoms with Crippen LogP contribution in [0.4, 0.5) is 0 Å². The van der Waals surface area contributed by atoms with E-state index < -0.39 is 21.6 Å². The number of halogens is 1. The van der Waals surface area contributed by atoms with Crippen LogP contribution < -0.4 is 14.6 Å². The quantitative estimate of drug-likeness (QED) is 0.316. The molecule has 0 bridgehead atoms. The Morgan fingerprint density at radius 2 is 1.75 bits per heavy atom. The van der Waals surface area contributed by atoms with Crippen LogP contribution in [0, 0.1) is 0 Å². The summed E-state index contributed by atoms with van der Waals surface area (Å²) in [5, 5.41) is 6.95. The van der Waals surface area contributed by atoms with Crippen molar-refractivity contribution in [2.24, 2.45) is 5.14 Å². The second-order valence-electron chi connectivity index (χ2n) is 7.87. The van der Waals surface area contributed by atoms with Crippen LogP contribution in [0.5, 0.6) is 11.5 Å². The molecule has 0 spiro atoms. The number of ether oxygens (including phenoxy) is 2. The number of aryl methyl sites for hydroxylation is 1. The third-order valence-corrected chi connectivity index (χ3v) is 7.49. The predicted molar refractivity (Wildman–Crippen MR) is 141 cm³/mol. The molecule has 1 amide bonds. The Morgan fingerprint density at radius 1 is 1.11 bits per heavy atom. The number of methoxy groups -OCH3 is 2. The highest BCUT2D eigenvalue weighted by atomic mass is 79.9. The highest BCUT2D eigenvalue weighted by Crippen LogP contribution is 2.36. The molecule has 0 unspecified atom stereocenters. The Morgan fingerprint density at radius 3 is 2.33 bits per heavy atom. The van der Waals surface area contributed by atoms with E-state index >= 15 is 0 Å². The van der Waals surface area contributed by atoms with Gasteiger partial charge in [-0.25, -0.2) is 18.5 Å². The number of thiazole rings is 1. The molecule has 2 N–H and O–H groups in total. The summed E-state index contributed by atoms with van der Waals surface area (Å²) in [5.74, 6) is -0.878. The van der Waals surface area contributed by atoms with Crippen molar-refractivity contribution < 1.29 is 27.5 Å². The normalized spacial score (nSPS) is 11.2. The summed E-state index contributed by atoms with van der Waals surface area (Å²) in [6, 6.07) is 13.2. The van der Waals surface area contributed by atoms with Crippen LogP contribution in [0.25, 0.3) is 0 Å². The van der Waals surface area contributed by atoms with Crippen molar-refractivity contribution in [1.82, 2.24) is 9.88 Å². The van der Waals surface area contributed by atoms with Crippen LogP contribution in [-0.2, 0) is 23.0 Å². The van der Waals surface area contributed by atoms with Crippen molar-refractivity contribution in [3.63, 3.8) is 0 Å². The minimum absolute atomic E-state index is 0.00712. The van der Waals surface area contributed by atoms with E-state index in [1.807, 2.05) is 30.3 Å². The number of nitrogens with zero attached hydrogens (tertiary/aromatic N) is 2. The minimum Gasteiger partial charge on any atom is -0.495 e. The van der Waals surface area contributed by atoms with E-state index in [0.29, 0.717) is 39.5 Å². The zero-order chi connectivity index (χ0) is 26.3. The lowest BCUT2D eigenvalue weighted by Crippen LogP contribution is -2.32. The number of nitrogens with two attached hydrogens (primary N) is 1. The SMILES string of the molecule is COc1cc(C(=O)N(CCCc2ccccc2)Cc2nc(C(=O)CS(N)(=O)=O)cs2)cc(OC)c1Br. The van der Waals surface area contributed by atoms with Gasteiger partial charge < -0.3 is 14.4 Å². The van der Waals surface area contributed by atoms with Crippen LogP contribution in [0.15, 0.2) is 52.3 Å². The first-order chi connectivity index (χ1) is 17.1. The molecule has 192 valence electrons. The molecule has 3 aromatic rings. The monoisotopic (exact) mass is 595 g/mol. The summed E-state index contributed by atoms with van der Waals surface area (Å²) < 4.78 is 33.9. The van der Waals surface area contributed by atoms with E-state index in [9.17, 15) is 18.0 Å². The topological polar surface area (TPSA) is 129 Å². The van der Waals surface area contributed by atoms with Crippen LogP contribution in [0.2, 0.25) is 0 Å². The highest BCUT2D eigenvalue weighted by Gasteiger charge is 2.23. The highest BCUT2D eigenvalue weighted by molar-refractivity contribution is 9.10. The average Bonchev–Trinajstić information content (AvgIpc) is 3.31. The first kappa shape index (κ1) is 27.8. The van der Waals surface area contributed by atoms with Gasteiger partial charge in [-0.1, -0.05) is 30.3 Å². The van der Waals surface area contributed by atoms with Crippen molar-refractivity contribution in [2.45, 2.75) is 19.4 Å². The van der Waals surface area contributed by atoms with Crippen molar-refractivity contribution in [3.05, 3.63) is 74.1 Å². The number of carbonyl (C=O) groups is 2. The predicted octanol–water partition coefficient (Wildman–Crippen LogP) is 3.67. The van der Waals surface area contributed by atoms with Gasteiger partial charge >= 0.3 is 0 Å². The van der Waals surface area contributed by atoms with Gasteiger partial charge in [0.05, 0.1) is 20.8 Å². The Balaban J connectivity index is 1.84. The molecule has 0 saturated carbocycles. The number of primary sulfonamides is 1. The molecular weight excluding hydrogens is 570 g/mol. The molecule has 0 aliphatic rings. The fourth-order valence-corrected chi connectivity index (χ4v) is 5.36. The summed E-state index contributed by atoms with van der Waals surface area (Å²) in [4.78, 5) is 31.7. The van der Waals surface area contributed by atoms with Crippen molar-refractivity contribution in [3.8, 4) is 11.5 Å². The number of hydrogen-bond acceptors (Lipinski definition) is 8. The standard InChI is InChI=1S/C24H26BrN3O6S2/c1-33-20-11-17(12-21(34-2)23(20)25)24(30)28(10-6-9-16-7-4-3-5-8-16)13-22-27-18(14-35-22)19(29)15-36(26,31)32/h3-5,7-8,11-12,14H,6,9-10,13,15H2,1-2H3,(H2,26,31,32). The molecule has 0 saturated heterocycles. The molecule has 2 aromatic carbocycles. The van der Waals surface area contributed by atoms with Gasteiger partial charge in [0.15, 0.2) is 5.78 Å². The van der Waals surface area contributed by atoms with Gasteiger partial charge in [0, 0.05) is 17.5 Å². The van der Waals surface area contributed by atoms with Crippen molar-refractivity contribution in [2.75, 3.05) is 26.5 Å². The van der Waals surface area contributed by atoms with Gasteiger partial charge in [-0.3, -0.25) is 9.59 Å². The lowest BCUT2D eigenvalue weighted by atomic mass is 10.1. The molecule has 36 heavy (non-hydrogen) atoms. The average molecular weight is 597 g/mol. The van der Waals surface area contributed by atoms with Gasteiger partial charge in [0.2, 0.25) is 10.0 Å². The summed E-state index contributed by atoms with van der Waals surface area (Å²) in [6.07, 6.45) is 1.47. The second-order valence-corrected chi connectivity index (χ2v) is 11.2. The first-order valence-electron chi connectivity index (χ1n) is 10.8. The third-order valence-electron chi connectivity index (χ3n) is 5.21. The maximum absolute atomic E-state index is 13.6. The minimum atomic E-state index is -3.97. The fraction of sp³-hybridized carbons (Fsp3) is 0.292. The van der Waals surface area contributed by atoms with Gasteiger partial charge in [-0.15, -0.1) is 11.3 Å².